The number of aromatic carboxylic acids is 1. The van der Waals surface area contributed by atoms with Crippen LogP contribution in [0.15, 0.2) is 34.9 Å². The largest absolute Gasteiger partial charge is 0.476 e. The monoisotopic (exact) mass is 260 g/mol. The average molecular weight is 260 g/mol. The summed E-state index contributed by atoms with van der Waals surface area (Å²) in [5, 5.41) is 13.4. The van der Waals surface area contributed by atoms with Crippen molar-refractivity contribution >= 4 is 16.9 Å². The van der Waals surface area contributed by atoms with E-state index in [-0.39, 0.29) is 5.69 Å². The van der Waals surface area contributed by atoms with Gasteiger partial charge >= 0.3 is 5.97 Å². The first-order chi connectivity index (χ1) is 9.06. The molecule has 0 spiro atoms. The van der Waals surface area contributed by atoms with Crippen LogP contribution < -0.4 is 0 Å². The van der Waals surface area contributed by atoms with Gasteiger partial charge in [-0.25, -0.2) is 9.18 Å². The van der Waals surface area contributed by atoms with Crippen LogP contribution in [0.1, 0.15) is 10.5 Å². The summed E-state index contributed by atoms with van der Waals surface area (Å²) in [6.07, 6.45) is 1.46. The number of rotatable bonds is 2. The van der Waals surface area contributed by atoms with Gasteiger partial charge in [-0.05, 0) is 24.3 Å². The topological polar surface area (TPSA) is 68.3 Å². The van der Waals surface area contributed by atoms with Crippen LogP contribution in [0.2, 0.25) is 0 Å². The van der Waals surface area contributed by atoms with Crippen LogP contribution in [-0.4, -0.2) is 20.9 Å². The zero-order valence-electron chi connectivity index (χ0n) is 9.92. The Kier molecular flexibility index (Phi) is 2.38. The number of aromatic nitrogens is 2. The summed E-state index contributed by atoms with van der Waals surface area (Å²) in [6, 6.07) is 5.70. The second-order valence-corrected chi connectivity index (χ2v) is 4.14. The molecule has 0 saturated carbocycles. The van der Waals surface area contributed by atoms with Crippen LogP contribution in [0, 0.1) is 5.82 Å². The summed E-state index contributed by atoms with van der Waals surface area (Å²) in [7, 11) is 1.60. The van der Waals surface area contributed by atoms with Crippen molar-refractivity contribution in [2.45, 2.75) is 0 Å². The van der Waals surface area contributed by atoms with E-state index >= 15 is 0 Å². The lowest BCUT2D eigenvalue weighted by atomic mass is 10.1. The molecule has 0 amide bonds. The van der Waals surface area contributed by atoms with Crippen LogP contribution in [0.25, 0.3) is 22.2 Å². The van der Waals surface area contributed by atoms with E-state index in [4.69, 9.17) is 9.52 Å². The highest BCUT2D eigenvalue weighted by molar-refractivity contribution is 5.93. The van der Waals surface area contributed by atoms with E-state index in [9.17, 15) is 9.18 Å². The molecule has 0 bridgehead atoms. The quantitative estimate of drug-likeness (QED) is 0.769. The normalized spacial score (nSPS) is 11.1. The Hall–Kier alpha value is -2.63. The minimum atomic E-state index is -1.13. The van der Waals surface area contributed by atoms with Gasteiger partial charge in [-0.2, -0.15) is 5.10 Å². The maximum atomic E-state index is 13.6. The van der Waals surface area contributed by atoms with Crippen LogP contribution in [0.5, 0.6) is 0 Å². The minimum Gasteiger partial charge on any atom is -0.476 e. The first-order valence-corrected chi connectivity index (χ1v) is 5.51. The summed E-state index contributed by atoms with van der Waals surface area (Å²) in [5.74, 6) is -1.55. The summed E-state index contributed by atoms with van der Waals surface area (Å²) in [5.41, 5.74) is 1.36. The third-order valence-corrected chi connectivity index (χ3v) is 2.89. The molecule has 3 rings (SSSR count). The zero-order chi connectivity index (χ0) is 13.6. The number of halogens is 1. The maximum Gasteiger partial charge on any atom is 0.356 e. The van der Waals surface area contributed by atoms with Gasteiger partial charge in [0.25, 0.3) is 0 Å². The highest BCUT2D eigenvalue weighted by Gasteiger charge is 2.17. The highest BCUT2D eigenvalue weighted by Crippen LogP contribution is 2.30. The molecule has 5 nitrogen and oxygen atoms in total. The lowest BCUT2D eigenvalue weighted by Gasteiger charge is -2.03. The Balaban J connectivity index is 2.29. The van der Waals surface area contributed by atoms with Crippen LogP contribution in [0.4, 0.5) is 4.39 Å². The summed E-state index contributed by atoms with van der Waals surface area (Å²) < 4.78 is 20.3. The molecule has 2 aromatic heterocycles. The molecule has 3 aromatic rings. The Morgan fingerprint density at radius 3 is 2.89 bits per heavy atom. The van der Waals surface area contributed by atoms with E-state index in [1.165, 1.54) is 29.1 Å². The van der Waals surface area contributed by atoms with Crippen molar-refractivity contribution in [2.24, 2.45) is 7.05 Å². The fourth-order valence-corrected chi connectivity index (χ4v) is 2.06. The number of nitrogens with zero attached hydrogens (tertiary/aromatic N) is 2. The van der Waals surface area contributed by atoms with Crippen molar-refractivity contribution in [3.05, 3.63) is 42.0 Å². The number of carboxylic acid groups (broad SMARTS) is 1. The number of hydrogen-bond acceptors (Lipinski definition) is 3. The third kappa shape index (κ3) is 1.77. The molecule has 0 fully saturated rings. The molecule has 2 heterocycles. The van der Waals surface area contributed by atoms with Crippen molar-refractivity contribution in [1.29, 1.82) is 0 Å². The lowest BCUT2D eigenvalue weighted by Crippen LogP contribution is -1.99. The molecule has 0 aliphatic heterocycles. The molecule has 19 heavy (non-hydrogen) atoms. The summed E-state index contributed by atoms with van der Waals surface area (Å²) in [4.78, 5) is 10.9. The molecule has 0 atom stereocenters. The predicted octanol–water partition coefficient (Wildman–Crippen LogP) is 2.67. The lowest BCUT2D eigenvalue weighted by molar-refractivity contribution is 0.0689. The zero-order valence-corrected chi connectivity index (χ0v) is 9.92. The molecule has 6 heteroatoms. The molecule has 0 saturated heterocycles. The summed E-state index contributed by atoms with van der Waals surface area (Å²) in [6.45, 7) is 0. The number of fused-ring (bicyclic) bond motifs is 1. The third-order valence-electron chi connectivity index (χ3n) is 2.89. The Bertz CT molecular complexity index is 788. The number of carboxylic acids is 1. The molecule has 0 radical (unpaired) electrons. The van der Waals surface area contributed by atoms with Crippen molar-refractivity contribution < 1.29 is 18.7 Å². The molecule has 0 aliphatic rings. The molecule has 1 aromatic carbocycles. The van der Waals surface area contributed by atoms with Crippen molar-refractivity contribution in [1.82, 2.24) is 9.78 Å². The van der Waals surface area contributed by atoms with Gasteiger partial charge in [0.1, 0.15) is 11.4 Å². The molecule has 0 aliphatic carbocycles. The number of benzene rings is 1. The second kappa shape index (κ2) is 3.94. The van der Waals surface area contributed by atoms with Gasteiger partial charge in [0.2, 0.25) is 0 Å². The number of hydrogen-bond donors (Lipinski definition) is 1. The van der Waals surface area contributed by atoms with Gasteiger partial charge in [-0.15, -0.1) is 0 Å². The first kappa shape index (κ1) is 11.5. The Morgan fingerprint density at radius 1 is 1.42 bits per heavy atom. The number of carbonyl (C=O) groups is 1. The van der Waals surface area contributed by atoms with Crippen molar-refractivity contribution in [3.63, 3.8) is 0 Å². The van der Waals surface area contributed by atoms with Crippen LogP contribution in [-0.2, 0) is 7.05 Å². The molecular weight excluding hydrogens is 251 g/mol. The minimum absolute atomic E-state index is 0.0959. The van der Waals surface area contributed by atoms with Gasteiger partial charge in [-0.1, -0.05) is 0 Å². The van der Waals surface area contributed by atoms with Crippen LogP contribution in [0.3, 0.4) is 0 Å². The fraction of sp³-hybridized carbons (Fsp3) is 0.0769. The fourth-order valence-electron chi connectivity index (χ4n) is 2.06. The van der Waals surface area contributed by atoms with Gasteiger partial charge in [0.05, 0.1) is 12.0 Å². The van der Waals surface area contributed by atoms with Crippen molar-refractivity contribution in [2.75, 3.05) is 0 Å². The Labute approximate surface area is 106 Å². The van der Waals surface area contributed by atoms with Gasteiger partial charge in [-0.3, -0.25) is 4.68 Å². The summed E-state index contributed by atoms with van der Waals surface area (Å²) >= 11 is 0. The van der Waals surface area contributed by atoms with E-state index in [0.717, 1.165) is 0 Å². The van der Waals surface area contributed by atoms with E-state index in [0.29, 0.717) is 22.2 Å². The maximum absolute atomic E-state index is 13.6. The SMILES string of the molecule is Cn1nc(C(=O)O)cc1-c1cc(F)cc2ccoc12. The average Bonchev–Trinajstić information content (AvgIpc) is 2.94. The van der Waals surface area contributed by atoms with Gasteiger partial charge < -0.3 is 9.52 Å². The number of furan rings is 1. The molecular formula is C13H9FN2O3. The molecule has 1 N–H and O–H groups in total. The predicted molar refractivity (Wildman–Crippen MR) is 65.3 cm³/mol. The smallest absolute Gasteiger partial charge is 0.356 e. The van der Waals surface area contributed by atoms with Crippen LogP contribution >= 0.6 is 0 Å². The number of aryl methyl sites for hydroxylation is 1. The van der Waals surface area contributed by atoms with E-state index < -0.39 is 11.8 Å². The van der Waals surface area contributed by atoms with Gasteiger partial charge in [0.15, 0.2) is 5.69 Å². The Morgan fingerprint density at radius 2 is 2.21 bits per heavy atom. The van der Waals surface area contributed by atoms with E-state index in [2.05, 4.69) is 5.10 Å². The molecule has 96 valence electrons. The molecule has 0 unspecified atom stereocenters. The van der Waals surface area contributed by atoms with E-state index in [1.807, 2.05) is 0 Å². The van der Waals surface area contributed by atoms with Crippen molar-refractivity contribution in [3.8, 4) is 11.3 Å². The first-order valence-electron chi connectivity index (χ1n) is 5.51. The highest BCUT2D eigenvalue weighted by atomic mass is 19.1. The van der Waals surface area contributed by atoms with E-state index in [1.54, 1.807) is 13.1 Å². The second-order valence-electron chi connectivity index (χ2n) is 4.14. The van der Waals surface area contributed by atoms with Gasteiger partial charge in [0, 0.05) is 18.0 Å². The standard InChI is InChI=1S/C13H9FN2O3/c1-16-11(6-10(15-16)13(17)18)9-5-8(14)4-7-2-3-19-12(7)9/h2-6H,1H3,(H,17,18).